The quantitative estimate of drug-likeness (QED) is 0.203. The number of hydrogen-bond donors (Lipinski definition) is 2. The van der Waals surface area contributed by atoms with E-state index in [1.54, 1.807) is 19.4 Å². The van der Waals surface area contributed by atoms with Crippen molar-refractivity contribution in [3.8, 4) is 28.6 Å². The third-order valence-electron chi connectivity index (χ3n) is 6.96. The van der Waals surface area contributed by atoms with Gasteiger partial charge in [-0.1, -0.05) is 42.5 Å². The molecule has 42 heavy (non-hydrogen) atoms. The van der Waals surface area contributed by atoms with Crippen molar-refractivity contribution in [3.63, 3.8) is 0 Å². The normalized spacial score (nSPS) is 11.0. The van der Waals surface area contributed by atoms with Crippen molar-refractivity contribution in [2.24, 2.45) is 0 Å². The first-order chi connectivity index (χ1) is 20.5. The van der Waals surface area contributed by atoms with Crippen molar-refractivity contribution in [1.82, 2.24) is 19.5 Å². The minimum atomic E-state index is -0.484. The summed E-state index contributed by atoms with van der Waals surface area (Å²) in [5.74, 6) is 1.06. The van der Waals surface area contributed by atoms with Crippen molar-refractivity contribution in [3.05, 3.63) is 120 Å². The fourth-order valence-corrected chi connectivity index (χ4v) is 4.88. The largest absolute Gasteiger partial charge is 0.497 e. The number of nitrogens with zero attached hydrogens (tertiary/aromatic N) is 4. The molecule has 3 aromatic carbocycles. The average molecular weight is 561 g/mol. The lowest BCUT2D eigenvalue weighted by Gasteiger charge is -2.16. The van der Waals surface area contributed by atoms with E-state index in [0.717, 1.165) is 28.1 Å². The van der Waals surface area contributed by atoms with E-state index in [4.69, 9.17) is 15.2 Å². The van der Waals surface area contributed by atoms with Crippen LogP contribution in [0.25, 0.3) is 28.1 Å². The molecule has 0 aliphatic rings. The van der Waals surface area contributed by atoms with Gasteiger partial charge in [-0.2, -0.15) is 0 Å². The van der Waals surface area contributed by atoms with Gasteiger partial charge in [0.25, 0.3) is 0 Å². The van der Waals surface area contributed by atoms with Crippen LogP contribution in [-0.4, -0.2) is 26.6 Å². The second-order valence-electron chi connectivity index (χ2n) is 9.85. The van der Waals surface area contributed by atoms with Crippen molar-refractivity contribution in [2.45, 2.75) is 20.1 Å². The maximum atomic E-state index is 15.5. The molecule has 3 heterocycles. The lowest BCUT2D eigenvalue weighted by molar-refractivity contribution is 0.290. The van der Waals surface area contributed by atoms with Gasteiger partial charge < -0.3 is 25.1 Å². The first-order valence-electron chi connectivity index (χ1n) is 13.4. The van der Waals surface area contributed by atoms with Gasteiger partial charge in [0.05, 0.1) is 35.9 Å². The number of ether oxygens (including phenoxy) is 2. The zero-order valence-corrected chi connectivity index (χ0v) is 23.2. The smallest absolute Gasteiger partial charge is 0.167 e. The SMILES string of the molecule is COc1ccc(CNc2ncnc3cc(-c4ncc(N)cc4C)n(-c4ccc(OCc5ccccc5)c(F)c4)c23)cc1. The lowest BCUT2D eigenvalue weighted by Crippen LogP contribution is -2.07. The molecule has 0 amide bonds. The summed E-state index contributed by atoms with van der Waals surface area (Å²) in [6, 6.07) is 26.1. The number of nitrogen functional groups attached to an aromatic ring is 1. The molecule has 0 radical (unpaired) electrons. The summed E-state index contributed by atoms with van der Waals surface area (Å²) in [5, 5.41) is 3.43. The van der Waals surface area contributed by atoms with Crippen LogP contribution < -0.4 is 20.5 Å². The number of fused-ring (bicyclic) bond motifs is 1. The van der Waals surface area contributed by atoms with E-state index in [1.807, 2.05) is 84.3 Å². The van der Waals surface area contributed by atoms with Crippen LogP contribution >= 0.6 is 0 Å². The van der Waals surface area contributed by atoms with Gasteiger partial charge in [-0.3, -0.25) is 4.98 Å². The highest BCUT2D eigenvalue weighted by Crippen LogP contribution is 2.36. The van der Waals surface area contributed by atoms with Crippen LogP contribution in [0.1, 0.15) is 16.7 Å². The average Bonchev–Trinajstić information content (AvgIpc) is 3.40. The summed E-state index contributed by atoms with van der Waals surface area (Å²) < 4.78 is 28.5. The molecule has 9 heteroatoms. The number of nitrogens with two attached hydrogens (primary N) is 1. The van der Waals surface area contributed by atoms with Crippen LogP contribution in [0.5, 0.6) is 11.5 Å². The van der Waals surface area contributed by atoms with E-state index in [2.05, 4.69) is 20.3 Å². The highest BCUT2D eigenvalue weighted by molar-refractivity contribution is 5.93. The van der Waals surface area contributed by atoms with Crippen LogP contribution in [-0.2, 0) is 13.2 Å². The van der Waals surface area contributed by atoms with Gasteiger partial charge in [0.1, 0.15) is 24.2 Å². The first-order valence-corrected chi connectivity index (χ1v) is 13.4. The molecular weight excluding hydrogens is 531 g/mol. The molecule has 210 valence electrons. The Bertz CT molecular complexity index is 1860. The highest BCUT2D eigenvalue weighted by atomic mass is 19.1. The first kappa shape index (κ1) is 26.8. The standard InChI is InChI=1S/C33H29FN6O2/c1-21-14-24(35)18-36-31(21)29-16-28-32(33(39-20-38-28)37-17-22-8-11-26(41-2)12-9-22)40(29)25-10-13-30(27(34)15-25)42-19-23-6-4-3-5-7-23/h3-16,18,20H,17,19,35H2,1-2H3,(H,37,38,39). The van der Waals surface area contributed by atoms with E-state index in [1.165, 1.54) is 12.4 Å². The molecule has 0 aliphatic carbocycles. The van der Waals surface area contributed by atoms with Crippen molar-refractivity contribution in [1.29, 1.82) is 0 Å². The minimum absolute atomic E-state index is 0.163. The Morgan fingerprint density at radius 1 is 0.905 bits per heavy atom. The molecule has 0 bridgehead atoms. The van der Waals surface area contributed by atoms with Gasteiger partial charge in [-0.25, -0.2) is 14.4 Å². The van der Waals surface area contributed by atoms with Crippen LogP contribution in [0.2, 0.25) is 0 Å². The topological polar surface area (TPSA) is 100 Å². The zero-order chi connectivity index (χ0) is 29.1. The Kier molecular flexibility index (Phi) is 7.38. The van der Waals surface area contributed by atoms with Crippen LogP contribution in [0.3, 0.4) is 0 Å². The summed E-state index contributed by atoms with van der Waals surface area (Å²) in [6.07, 6.45) is 3.12. The van der Waals surface area contributed by atoms with Crippen LogP contribution in [0.4, 0.5) is 15.9 Å². The maximum Gasteiger partial charge on any atom is 0.167 e. The third-order valence-corrected chi connectivity index (χ3v) is 6.96. The summed E-state index contributed by atoms with van der Waals surface area (Å²) >= 11 is 0. The number of methoxy groups -OCH3 is 1. The van der Waals surface area contributed by atoms with Crippen molar-refractivity contribution >= 4 is 22.5 Å². The van der Waals surface area contributed by atoms with Gasteiger partial charge in [0, 0.05) is 18.3 Å². The number of aromatic nitrogens is 4. The predicted molar refractivity (Wildman–Crippen MR) is 162 cm³/mol. The number of nitrogens with one attached hydrogen (secondary N) is 1. The van der Waals surface area contributed by atoms with E-state index in [9.17, 15) is 0 Å². The summed E-state index contributed by atoms with van der Waals surface area (Å²) in [7, 11) is 1.64. The molecule has 0 spiro atoms. The van der Waals surface area contributed by atoms with Gasteiger partial charge in [-0.05, 0) is 60.0 Å². The van der Waals surface area contributed by atoms with Crippen molar-refractivity contribution < 1.29 is 13.9 Å². The Labute approximate surface area is 242 Å². The Morgan fingerprint density at radius 2 is 1.71 bits per heavy atom. The predicted octanol–water partition coefficient (Wildman–Crippen LogP) is 6.71. The molecule has 6 rings (SSSR count). The summed E-state index contributed by atoms with van der Waals surface area (Å²) in [4.78, 5) is 13.7. The number of benzene rings is 3. The number of halogens is 1. The van der Waals surface area contributed by atoms with E-state index < -0.39 is 5.82 Å². The summed E-state index contributed by atoms with van der Waals surface area (Å²) in [5.41, 5.74) is 12.8. The molecule has 0 aliphatic heterocycles. The maximum absolute atomic E-state index is 15.5. The number of rotatable bonds is 9. The number of hydrogen-bond acceptors (Lipinski definition) is 7. The molecule has 8 nitrogen and oxygen atoms in total. The van der Waals surface area contributed by atoms with Gasteiger partial charge in [0.15, 0.2) is 17.4 Å². The summed E-state index contributed by atoms with van der Waals surface area (Å²) in [6.45, 7) is 2.71. The highest BCUT2D eigenvalue weighted by Gasteiger charge is 2.21. The van der Waals surface area contributed by atoms with Crippen molar-refractivity contribution in [2.75, 3.05) is 18.2 Å². The van der Waals surface area contributed by atoms with E-state index in [-0.39, 0.29) is 12.4 Å². The number of aryl methyl sites for hydroxylation is 1. The molecule has 0 saturated carbocycles. The fraction of sp³-hybridized carbons (Fsp3) is 0.121. The molecule has 0 atom stereocenters. The number of pyridine rings is 1. The Hall–Kier alpha value is -5.44. The molecule has 0 fully saturated rings. The Balaban J connectivity index is 1.43. The van der Waals surface area contributed by atoms with Gasteiger partial charge >= 0.3 is 0 Å². The molecule has 0 saturated heterocycles. The van der Waals surface area contributed by atoms with Crippen LogP contribution in [0, 0.1) is 12.7 Å². The molecule has 6 aromatic rings. The zero-order valence-electron chi connectivity index (χ0n) is 23.2. The second-order valence-corrected chi connectivity index (χ2v) is 9.85. The molecule has 3 aromatic heterocycles. The second kappa shape index (κ2) is 11.6. The fourth-order valence-electron chi connectivity index (χ4n) is 4.88. The van der Waals surface area contributed by atoms with Gasteiger partial charge in [0.2, 0.25) is 0 Å². The third kappa shape index (κ3) is 5.44. The van der Waals surface area contributed by atoms with E-state index >= 15 is 4.39 Å². The van der Waals surface area contributed by atoms with E-state index in [0.29, 0.717) is 40.5 Å². The molecular formula is C33H29FN6O2. The molecule has 0 unspecified atom stereocenters. The monoisotopic (exact) mass is 560 g/mol. The Morgan fingerprint density at radius 3 is 2.45 bits per heavy atom. The number of anilines is 2. The minimum Gasteiger partial charge on any atom is -0.497 e. The molecule has 3 N–H and O–H groups in total. The lowest BCUT2D eigenvalue weighted by atomic mass is 10.1. The van der Waals surface area contributed by atoms with Crippen LogP contribution in [0.15, 0.2) is 97.5 Å². The van der Waals surface area contributed by atoms with Gasteiger partial charge in [-0.15, -0.1) is 0 Å².